The first-order chi connectivity index (χ1) is 8.52. The van der Waals surface area contributed by atoms with Crippen LogP contribution in [0.1, 0.15) is 51.9 Å². The molecule has 5 heteroatoms. The van der Waals surface area contributed by atoms with Crippen LogP contribution in [-0.4, -0.2) is 23.9 Å². The second kappa shape index (κ2) is 7.36. The summed E-state index contributed by atoms with van der Waals surface area (Å²) < 4.78 is 0. The number of carbonyl (C=O) groups is 2. The Morgan fingerprint density at radius 2 is 1.89 bits per heavy atom. The Hall–Kier alpha value is -1.10. The third-order valence-electron chi connectivity index (χ3n) is 3.60. The maximum absolute atomic E-state index is 11.7. The average molecular weight is 255 g/mol. The molecule has 0 heterocycles. The normalized spacial score (nSPS) is 25.4. The van der Waals surface area contributed by atoms with E-state index in [1.165, 1.54) is 0 Å². The summed E-state index contributed by atoms with van der Waals surface area (Å²) in [5.41, 5.74) is 11.1. The van der Waals surface area contributed by atoms with Crippen molar-refractivity contribution in [1.29, 1.82) is 0 Å². The van der Waals surface area contributed by atoms with E-state index in [0.29, 0.717) is 6.42 Å². The smallest absolute Gasteiger partial charge is 0.221 e. The minimum Gasteiger partial charge on any atom is -0.369 e. The van der Waals surface area contributed by atoms with Gasteiger partial charge in [-0.2, -0.15) is 0 Å². The number of nitrogens with one attached hydrogen (secondary N) is 1. The van der Waals surface area contributed by atoms with Crippen LogP contribution >= 0.6 is 0 Å². The molecule has 5 N–H and O–H groups in total. The van der Waals surface area contributed by atoms with Gasteiger partial charge in [0.1, 0.15) is 0 Å². The molecule has 0 spiro atoms. The van der Waals surface area contributed by atoms with Crippen molar-refractivity contribution < 1.29 is 9.59 Å². The highest BCUT2D eigenvalue weighted by Gasteiger charge is 2.25. The maximum atomic E-state index is 11.7. The van der Waals surface area contributed by atoms with E-state index in [1.807, 2.05) is 0 Å². The second-order valence-electron chi connectivity index (χ2n) is 5.27. The van der Waals surface area contributed by atoms with Gasteiger partial charge in [0.05, 0.1) is 0 Å². The zero-order chi connectivity index (χ0) is 13.5. The Bertz CT molecular complexity index is 286. The van der Waals surface area contributed by atoms with Gasteiger partial charge in [-0.1, -0.05) is 13.3 Å². The predicted octanol–water partition coefficient (Wildman–Crippen LogP) is 0.664. The number of rotatable bonds is 6. The largest absolute Gasteiger partial charge is 0.369 e. The lowest BCUT2D eigenvalue weighted by Gasteiger charge is -2.27. The molecule has 18 heavy (non-hydrogen) atoms. The molecular weight excluding hydrogens is 230 g/mol. The molecule has 0 saturated heterocycles. The highest BCUT2D eigenvalue weighted by molar-refractivity contribution is 5.77. The van der Waals surface area contributed by atoms with Crippen LogP contribution in [0, 0.1) is 5.92 Å². The molecule has 0 bridgehead atoms. The molecule has 1 fully saturated rings. The molecule has 1 aliphatic rings. The van der Waals surface area contributed by atoms with Crippen LogP contribution in [-0.2, 0) is 9.59 Å². The van der Waals surface area contributed by atoms with E-state index < -0.39 is 0 Å². The molecular formula is C13H25N3O2. The summed E-state index contributed by atoms with van der Waals surface area (Å²) in [6.45, 7) is 2.06. The molecule has 1 saturated carbocycles. The van der Waals surface area contributed by atoms with Crippen LogP contribution in [0.25, 0.3) is 0 Å². The summed E-state index contributed by atoms with van der Waals surface area (Å²) in [7, 11) is 0. The highest BCUT2D eigenvalue weighted by atomic mass is 16.2. The zero-order valence-corrected chi connectivity index (χ0v) is 11.2. The summed E-state index contributed by atoms with van der Waals surface area (Å²) in [6, 6.07) is 0.138. The lowest BCUT2D eigenvalue weighted by molar-refractivity contribution is -0.123. The Morgan fingerprint density at radius 1 is 1.28 bits per heavy atom. The summed E-state index contributed by atoms with van der Waals surface area (Å²) in [6.07, 6.45) is 5.50. The number of nitrogens with two attached hydrogens (primary N) is 2. The van der Waals surface area contributed by atoms with Crippen molar-refractivity contribution in [2.75, 3.05) is 0 Å². The summed E-state index contributed by atoms with van der Waals surface area (Å²) in [4.78, 5) is 22.7. The van der Waals surface area contributed by atoms with Gasteiger partial charge in [-0.3, -0.25) is 9.59 Å². The molecule has 0 aromatic carbocycles. The van der Waals surface area contributed by atoms with E-state index in [0.717, 1.165) is 38.5 Å². The Kier molecular flexibility index (Phi) is 6.12. The first-order valence-electron chi connectivity index (χ1n) is 6.87. The maximum Gasteiger partial charge on any atom is 0.221 e. The van der Waals surface area contributed by atoms with Crippen molar-refractivity contribution in [2.24, 2.45) is 17.4 Å². The van der Waals surface area contributed by atoms with E-state index >= 15 is 0 Å². The number of carbonyl (C=O) groups excluding carboxylic acids is 2. The number of primary amides is 1. The van der Waals surface area contributed by atoms with Gasteiger partial charge in [0.25, 0.3) is 0 Å². The number of hydrogen-bond donors (Lipinski definition) is 3. The topological polar surface area (TPSA) is 98.2 Å². The van der Waals surface area contributed by atoms with Gasteiger partial charge in [0, 0.05) is 24.4 Å². The van der Waals surface area contributed by atoms with Crippen LogP contribution in [0.5, 0.6) is 0 Å². The van der Waals surface area contributed by atoms with Crippen molar-refractivity contribution in [2.45, 2.75) is 64.0 Å². The standard InChI is InChI=1S/C13H25N3O2/c1-2-3-10(14)8-12(17)16-11-6-4-9(5-7-11)13(15)18/h9-11H,2-8,14H2,1H3,(H2,15,18)(H,16,17). The summed E-state index contributed by atoms with van der Waals surface area (Å²) in [5.74, 6) is -0.205. The monoisotopic (exact) mass is 255 g/mol. The van der Waals surface area contributed by atoms with Gasteiger partial charge in [-0.25, -0.2) is 0 Å². The van der Waals surface area contributed by atoms with E-state index in [4.69, 9.17) is 11.5 Å². The van der Waals surface area contributed by atoms with Gasteiger partial charge >= 0.3 is 0 Å². The highest BCUT2D eigenvalue weighted by Crippen LogP contribution is 2.23. The molecule has 0 aromatic rings. The van der Waals surface area contributed by atoms with E-state index in [2.05, 4.69) is 12.2 Å². The Balaban J connectivity index is 2.24. The lowest BCUT2D eigenvalue weighted by atomic mass is 9.85. The minimum atomic E-state index is -0.218. The van der Waals surface area contributed by atoms with Crippen LogP contribution < -0.4 is 16.8 Å². The zero-order valence-electron chi connectivity index (χ0n) is 11.2. The molecule has 0 aliphatic heterocycles. The van der Waals surface area contributed by atoms with Crippen LogP contribution in [0.4, 0.5) is 0 Å². The van der Waals surface area contributed by atoms with Gasteiger partial charge in [-0.15, -0.1) is 0 Å². The van der Waals surface area contributed by atoms with Crippen molar-refractivity contribution in [3.63, 3.8) is 0 Å². The molecule has 0 aromatic heterocycles. The fourth-order valence-electron chi connectivity index (χ4n) is 2.52. The minimum absolute atomic E-state index is 0.0134. The van der Waals surface area contributed by atoms with Crippen molar-refractivity contribution in [1.82, 2.24) is 5.32 Å². The average Bonchev–Trinajstić information content (AvgIpc) is 2.29. The SMILES string of the molecule is CCCC(N)CC(=O)NC1CCC(C(N)=O)CC1. The van der Waals surface area contributed by atoms with Crippen LogP contribution in [0.2, 0.25) is 0 Å². The van der Waals surface area contributed by atoms with Crippen LogP contribution in [0.3, 0.4) is 0 Å². The third kappa shape index (κ3) is 5.04. The molecule has 104 valence electrons. The van der Waals surface area contributed by atoms with Gasteiger partial charge in [-0.05, 0) is 32.1 Å². The number of amides is 2. The fraction of sp³-hybridized carbons (Fsp3) is 0.846. The molecule has 0 radical (unpaired) electrons. The summed E-state index contributed by atoms with van der Waals surface area (Å²) in [5, 5.41) is 3.00. The van der Waals surface area contributed by atoms with Crippen molar-refractivity contribution in [3.05, 3.63) is 0 Å². The molecule has 2 amide bonds. The molecule has 1 rings (SSSR count). The first kappa shape index (κ1) is 15.0. The number of hydrogen-bond acceptors (Lipinski definition) is 3. The third-order valence-corrected chi connectivity index (χ3v) is 3.60. The Labute approximate surface area is 109 Å². The predicted molar refractivity (Wildman–Crippen MR) is 70.6 cm³/mol. The fourth-order valence-corrected chi connectivity index (χ4v) is 2.52. The van der Waals surface area contributed by atoms with E-state index in [-0.39, 0.29) is 29.8 Å². The van der Waals surface area contributed by atoms with Crippen molar-refractivity contribution >= 4 is 11.8 Å². The first-order valence-corrected chi connectivity index (χ1v) is 6.87. The molecule has 1 atom stereocenters. The molecule has 5 nitrogen and oxygen atoms in total. The van der Waals surface area contributed by atoms with E-state index in [1.54, 1.807) is 0 Å². The second-order valence-corrected chi connectivity index (χ2v) is 5.27. The lowest BCUT2D eigenvalue weighted by Crippen LogP contribution is -2.41. The Morgan fingerprint density at radius 3 is 2.39 bits per heavy atom. The van der Waals surface area contributed by atoms with Gasteiger partial charge in [0.2, 0.25) is 11.8 Å². The van der Waals surface area contributed by atoms with Gasteiger partial charge < -0.3 is 16.8 Å². The quantitative estimate of drug-likeness (QED) is 0.650. The van der Waals surface area contributed by atoms with Crippen molar-refractivity contribution in [3.8, 4) is 0 Å². The van der Waals surface area contributed by atoms with Gasteiger partial charge in [0.15, 0.2) is 0 Å². The molecule has 1 aliphatic carbocycles. The molecule has 1 unspecified atom stereocenters. The summed E-state index contributed by atoms with van der Waals surface area (Å²) >= 11 is 0. The van der Waals surface area contributed by atoms with E-state index in [9.17, 15) is 9.59 Å². The van der Waals surface area contributed by atoms with Crippen LogP contribution in [0.15, 0.2) is 0 Å².